The van der Waals surface area contributed by atoms with Gasteiger partial charge in [0.05, 0.1) is 40.0 Å². The molecule has 0 spiro atoms. The molecule has 2 atom stereocenters. The van der Waals surface area contributed by atoms with Gasteiger partial charge in [0.2, 0.25) is 5.75 Å². The van der Waals surface area contributed by atoms with Crippen LogP contribution < -0.4 is 14.2 Å². The zero-order chi connectivity index (χ0) is 20.0. The summed E-state index contributed by atoms with van der Waals surface area (Å²) >= 11 is 0. The van der Waals surface area contributed by atoms with Gasteiger partial charge >= 0.3 is 5.97 Å². The second-order valence-electron chi connectivity index (χ2n) is 6.43. The normalized spacial score (nSPS) is 19.4. The fraction of sp³-hybridized carbons (Fsp3) is 0.579. The Kier molecular flexibility index (Phi) is 7.29. The molecule has 1 aromatic carbocycles. The van der Waals surface area contributed by atoms with Crippen LogP contribution in [0, 0.1) is 0 Å². The number of carbonyl (C=O) groups is 2. The van der Waals surface area contributed by atoms with Crippen molar-refractivity contribution in [2.45, 2.75) is 32.5 Å². The molecule has 1 heterocycles. The zero-order valence-electron chi connectivity index (χ0n) is 16.4. The minimum Gasteiger partial charge on any atom is -0.493 e. The summed E-state index contributed by atoms with van der Waals surface area (Å²) in [6.45, 7) is 4.52. The number of rotatable bonds is 7. The summed E-state index contributed by atoms with van der Waals surface area (Å²) < 4.78 is 26.5. The molecule has 1 aromatic rings. The minimum atomic E-state index is -0.507. The van der Waals surface area contributed by atoms with Crippen LogP contribution in [0.2, 0.25) is 0 Å². The van der Waals surface area contributed by atoms with Crippen LogP contribution in [-0.2, 0) is 25.5 Å². The highest BCUT2D eigenvalue weighted by molar-refractivity contribution is 5.81. The van der Waals surface area contributed by atoms with Crippen molar-refractivity contribution < 1.29 is 33.3 Å². The Bertz CT molecular complexity index is 641. The molecule has 1 amide bonds. The van der Waals surface area contributed by atoms with Gasteiger partial charge in [0.1, 0.15) is 0 Å². The molecule has 1 aliphatic heterocycles. The van der Waals surface area contributed by atoms with E-state index in [4.69, 9.17) is 23.7 Å². The maximum Gasteiger partial charge on any atom is 0.310 e. The van der Waals surface area contributed by atoms with Gasteiger partial charge in [-0.05, 0) is 31.5 Å². The van der Waals surface area contributed by atoms with Gasteiger partial charge < -0.3 is 28.6 Å². The molecule has 0 saturated carbocycles. The van der Waals surface area contributed by atoms with Gasteiger partial charge in [0.25, 0.3) is 5.91 Å². The van der Waals surface area contributed by atoms with Gasteiger partial charge in [0, 0.05) is 13.1 Å². The van der Waals surface area contributed by atoms with E-state index in [9.17, 15) is 9.59 Å². The average molecular weight is 381 g/mol. The SMILES string of the molecule is COc1cc(CC(=O)OCC(=O)N2C[C@@H](C)O[C@H](C)C2)cc(OC)c1OC. The van der Waals surface area contributed by atoms with E-state index in [0.717, 1.165) is 0 Å². The van der Waals surface area contributed by atoms with Crippen LogP contribution in [0.15, 0.2) is 12.1 Å². The van der Waals surface area contributed by atoms with E-state index in [1.165, 1.54) is 21.3 Å². The molecule has 0 unspecified atom stereocenters. The van der Waals surface area contributed by atoms with E-state index in [0.29, 0.717) is 35.9 Å². The number of morpholine rings is 1. The third kappa shape index (κ3) is 5.50. The van der Waals surface area contributed by atoms with Crippen molar-refractivity contribution in [3.63, 3.8) is 0 Å². The molecular weight excluding hydrogens is 354 g/mol. The van der Waals surface area contributed by atoms with Crippen LogP contribution in [0.25, 0.3) is 0 Å². The molecule has 1 aliphatic rings. The molecule has 0 aliphatic carbocycles. The minimum absolute atomic E-state index is 0.0140. The highest BCUT2D eigenvalue weighted by Gasteiger charge is 2.26. The lowest BCUT2D eigenvalue weighted by molar-refractivity contribution is -0.156. The van der Waals surface area contributed by atoms with Gasteiger partial charge in [-0.15, -0.1) is 0 Å². The quantitative estimate of drug-likeness (QED) is 0.661. The maximum absolute atomic E-state index is 12.3. The molecule has 150 valence electrons. The number of benzene rings is 1. The fourth-order valence-corrected chi connectivity index (χ4v) is 3.07. The Labute approximate surface area is 159 Å². The summed E-state index contributed by atoms with van der Waals surface area (Å²) in [7, 11) is 4.51. The molecule has 0 aromatic heterocycles. The van der Waals surface area contributed by atoms with Crippen LogP contribution in [0.4, 0.5) is 0 Å². The predicted molar refractivity (Wildman–Crippen MR) is 97.4 cm³/mol. The number of nitrogens with zero attached hydrogens (tertiary/aromatic N) is 1. The monoisotopic (exact) mass is 381 g/mol. The van der Waals surface area contributed by atoms with Gasteiger partial charge in [-0.2, -0.15) is 0 Å². The molecule has 27 heavy (non-hydrogen) atoms. The molecule has 1 saturated heterocycles. The summed E-state index contributed by atoms with van der Waals surface area (Å²) in [6, 6.07) is 3.35. The van der Waals surface area contributed by atoms with E-state index in [1.54, 1.807) is 17.0 Å². The van der Waals surface area contributed by atoms with Crippen LogP contribution in [0.3, 0.4) is 0 Å². The van der Waals surface area contributed by atoms with E-state index < -0.39 is 5.97 Å². The number of hydrogen-bond donors (Lipinski definition) is 0. The van der Waals surface area contributed by atoms with E-state index >= 15 is 0 Å². The summed E-state index contributed by atoms with van der Waals surface area (Å²) in [5.74, 6) is 0.615. The standard InChI is InChI=1S/C19H27NO7/c1-12-9-20(10-13(2)27-12)17(21)11-26-18(22)8-14-6-15(23-3)19(25-5)16(7-14)24-4/h6-7,12-13H,8-11H2,1-5H3/t12-,13-/m1/s1. The number of ether oxygens (including phenoxy) is 5. The smallest absolute Gasteiger partial charge is 0.310 e. The van der Waals surface area contributed by atoms with E-state index in [2.05, 4.69) is 0 Å². The number of esters is 1. The van der Waals surface area contributed by atoms with Crippen LogP contribution in [0.5, 0.6) is 17.2 Å². The third-order valence-corrected chi connectivity index (χ3v) is 4.20. The molecular formula is C19H27NO7. The van der Waals surface area contributed by atoms with Gasteiger partial charge in [-0.25, -0.2) is 0 Å². The van der Waals surface area contributed by atoms with Crippen molar-refractivity contribution in [3.8, 4) is 17.2 Å². The molecule has 0 N–H and O–H groups in total. The van der Waals surface area contributed by atoms with Crippen molar-refractivity contribution in [2.75, 3.05) is 41.0 Å². The fourth-order valence-electron chi connectivity index (χ4n) is 3.07. The molecule has 2 rings (SSSR count). The Morgan fingerprint density at radius 1 is 1.04 bits per heavy atom. The van der Waals surface area contributed by atoms with Crippen molar-refractivity contribution in [1.82, 2.24) is 4.90 Å². The van der Waals surface area contributed by atoms with Gasteiger partial charge in [-0.3, -0.25) is 9.59 Å². The highest BCUT2D eigenvalue weighted by Crippen LogP contribution is 2.38. The first-order valence-corrected chi connectivity index (χ1v) is 8.75. The Balaban J connectivity index is 1.94. The Hall–Kier alpha value is -2.48. The first-order chi connectivity index (χ1) is 12.9. The first-order valence-electron chi connectivity index (χ1n) is 8.75. The number of amides is 1. The Morgan fingerprint density at radius 2 is 1.59 bits per heavy atom. The summed E-state index contributed by atoms with van der Waals surface area (Å²) in [4.78, 5) is 26.1. The van der Waals surface area contributed by atoms with Crippen molar-refractivity contribution in [3.05, 3.63) is 17.7 Å². The number of methoxy groups -OCH3 is 3. The second-order valence-corrected chi connectivity index (χ2v) is 6.43. The molecule has 0 radical (unpaired) electrons. The third-order valence-electron chi connectivity index (χ3n) is 4.20. The van der Waals surface area contributed by atoms with Crippen LogP contribution >= 0.6 is 0 Å². The topological polar surface area (TPSA) is 83.5 Å². The summed E-state index contributed by atoms with van der Waals surface area (Å²) in [5.41, 5.74) is 0.635. The van der Waals surface area contributed by atoms with Crippen molar-refractivity contribution >= 4 is 11.9 Å². The molecule has 8 nitrogen and oxygen atoms in total. The maximum atomic E-state index is 12.3. The number of carbonyl (C=O) groups excluding carboxylic acids is 2. The van der Waals surface area contributed by atoms with Crippen molar-refractivity contribution in [1.29, 1.82) is 0 Å². The average Bonchev–Trinajstić information content (AvgIpc) is 2.64. The van der Waals surface area contributed by atoms with Crippen LogP contribution in [-0.4, -0.2) is 70.0 Å². The highest BCUT2D eigenvalue weighted by atomic mass is 16.5. The van der Waals surface area contributed by atoms with Crippen LogP contribution in [0.1, 0.15) is 19.4 Å². The molecule has 1 fully saturated rings. The summed E-state index contributed by atoms with van der Waals surface area (Å²) in [5, 5.41) is 0. The van der Waals surface area contributed by atoms with Gasteiger partial charge in [-0.1, -0.05) is 0 Å². The lowest BCUT2D eigenvalue weighted by Gasteiger charge is -2.35. The Morgan fingerprint density at radius 3 is 2.07 bits per heavy atom. The molecule has 0 bridgehead atoms. The van der Waals surface area contributed by atoms with Crippen molar-refractivity contribution in [2.24, 2.45) is 0 Å². The zero-order valence-corrected chi connectivity index (χ0v) is 16.4. The summed E-state index contributed by atoms with van der Waals surface area (Å²) in [6.07, 6.45) is -0.0832. The molecule has 8 heteroatoms. The number of hydrogen-bond acceptors (Lipinski definition) is 7. The van der Waals surface area contributed by atoms with E-state index in [-0.39, 0.29) is 31.1 Å². The van der Waals surface area contributed by atoms with Gasteiger partial charge in [0.15, 0.2) is 18.1 Å². The second kappa shape index (κ2) is 9.45. The predicted octanol–water partition coefficient (Wildman–Crippen LogP) is 1.43. The lowest BCUT2D eigenvalue weighted by atomic mass is 10.1. The lowest BCUT2D eigenvalue weighted by Crippen LogP contribution is -2.49. The van der Waals surface area contributed by atoms with E-state index in [1.807, 2.05) is 13.8 Å². The first kappa shape index (κ1) is 20.8. The largest absolute Gasteiger partial charge is 0.493 e.